The van der Waals surface area contributed by atoms with Crippen LogP contribution in [0.1, 0.15) is 12.6 Å². The molecular weight excluding hydrogens is 172 g/mol. The summed E-state index contributed by atoms with van der Waals surface area (Å²) >= 11 is 0. The number of nitrogens with one attached hydrogen (secondary N) is 1. The molecule has 0 aromatic carbocycles. The molecule has 0 aliphatic rings. The normalized spacial score (nSPS) is 9.77. The lowest BCUT2D eigenvalue weighted by Crippen LogP contribution is -2.09. The molecule has 1 rings (SSSR count). The Morgan fingerprint density at radius 2 is 2.23 bits per heavy atom. The van der Waals surface area contributed by atoms with Crippen LogP contribution in [-0.4, -0.2) is 15.7 Å². The molecule has 0 saturated carbocycles. The van der Waals surface area contributed by atoms with Gasteiger partial charge in [-0.2, -0.15) is 5.10 Å². The van der Waals surface area contributed by atoms with Crippen LogP contribution in [0.4, 0.5) is 11.5 Å². The minimum Gasteiger partial charge on any atom is -0.309 e. The Morgan fingerprint density at radius 3 is 2.69 bits per heavy atom. The Bertz CT molecular complexity index is 356. The molecule has 70 valence electrons. The van der Waals surface area contributed by atoms with Crippen LogP contribution in [0.5, 0.6) is 0 Å². The Hall–Kier alpha value is -1.72. The minimum atomic E-state index is -0.257. The average molecular weight is 182 g/mol. The first-order chi connectivity index (χ1) is 6.06. The maximum Gasteiger partial charge on any atom is 0.222 e. The average Bonchev–Trinajstić information content (AvgIpc) is 2.26. The smallest absolute Gasteiger partial charge is 0.222 e. The van der Waals surface area contributed by atoms with E-state index >= 15 is 0 Å². The van der Waals surface area contributed by atoms with Crippen LogP contribution in [0.25, 0.3) is 0 Å². The molecule has 0 spiro atoms. The molecule has 6 nitrogen and oxygen atoms in total. The highest BCUT2D eigenvalue weighted by molar-refractivity contribution is 5.91. The molecule has 0 atom stereocenters. The summed E-state index contributed by atoms with van der Waals surface area (Å²) in [6.45, 7) is 3.01. The largest absolute Gasteiger partial charge is 0.309 e. The van der Waals surface area contributed by atoms with Crippen molar-refractivity contribution in [3.05, 3.63) is 10.6 Å². The summed E-state index contributed by atoms with van der Waals surface area (Å²) in [5.41, 5.74) is 0.680. The maximum absolute atomic E-state index is 10.7. The van der Waals surface area contributed by atoms with E-state index in [0.717, 1.165) is 0 Å². The third-order valence-electron chi connectivity index (χ3n) is 1.58. The van der Waals surface area contributed by atoms with Crippen LogP contribution in [0, 0.1) is 11.8 Å². The molecule has 0 saturated heterocycles. The van der Waals surface area contributed by atoms with Crippen molar-refractivity contribution in [3.8, 4) is 0 Å². The second kappa shape index (κ2) is 3.34. The van der Waals surface area contributed by atoms with E-state index in [2.05, 4.69) is 15.6 Å². The van der Waals surface area contributed by atoms with Crippen molar-refractivity contribution in [2.24, 2.45) is 12.2 Å². The topological polar surface area (TPSA) is 76.3 Å². The predicted molar refractivity (Wildman–Crippen MR) is 47.7 cm³/mol. The van der Waals surface area contributed by atoms with Gasteiger partial charge in [-0.1, -0.05) is 0 Å². The fourth-order valence-corrected chi connectivity index (χ4v) is 1.06. The van der Waals surface area contributed by atoms with Gasteiger partial charge >= 0.3 is 0 Å². The van der Waals surface area contributed by atoms with E-state index < -0.39 is 0 Å². The second-order valence-electron chi connectivity index (χ2n) is 2.68. The van der Waals surface area contributed by atoms with E-state index in [1.165, 1.54) is 11.6 Å². The van der Waals surface area contributed by atoms with Gasteiger partial charge in [-0.3, -0.25) is 9.48 Å². The molecule has 13 heavy (non-hydrogen) atoms. The van der Waals surface area contributed by atoms with Gasteiger partial charge in [0.25, 0.3) is 0 Å². The van der Waals surface area contributed by atoms with E-state index in [0.29, 0.717) is 11.5 Å². The maximum atomic E-state index is 10.7. The zero-order chi connectivity index (χ0) is 10.0. The van der Waals surface area contributed by atoms with Crippen molar-refractivity contribution >= 4 is 17.4 Å². The molecule has 1 amide bonds. The summed E-state index contributed by atoms with van der Waals surface area (Å²) in [6.07, 6.45) is 0. The molecule has 0 bridgehead atoms. The van der Waals surface area contributed by atoms with Crippen LogP contribution in [-0.2, 0) is 11.8 Å². The third-order valence-corrected chi connectivity index (χ3v) is 1.58. The fourth-order valence-electron chi connectivity index (χ4n) is 1.06. The van der Waals surface area contributed by atoms with E-state index in [-0.39, 0.29) is 11.6 Å². The van der Waals surface area contributed by atoms with Gasteiger partial charge in [0.1, 0.15) is 0 Å². The lowest BCUT2D eigenvalue weighted by molar-refractivity contribution is -0.114. The molecule has 0 fully saturated rings. The van der Waals surface area contributed by atoms with Gasteiger partial charge in [0, 0.05) is 14.0 Å². The number of hydrogen-bond donors (Lipinski definition) is 1. The SMILES string of the molecule is CC(=O)Nc1c(N=O)c(C)nn1C. The number of aryl methyl sites for hydroxylation is 2. The summed E-state index contributed by atoms with van der Waals surface area (Å²) in [7, 11) is 1.63. The summed E-state index contributed by atoms with van der Waals surface area (Å²) in [5, 5.41) is 9.22. The lowest BCUT2D eigenvalue weighted by Gasteiger charge is -2.00. The Kier molecular flexibility index (Phi) is 2.41. The predicted octanol–water partition coefficient (Wildman–Crippen LogP) is 1.08. The Morgan fingerprint density at radius 1 is 1.62 bits per heavy atom. The minimum absolute atomic E-state index is 0.178. The number of carbonyl (C=O) groups is 1. The van der Waals surface area contributed by atoms with Gasteiger partial charge in [-0.25, -0.2) is 0 Å². The molecule has 1 aromatic rings. The van der Waals surface area contributed by atoms with Crippen molar-refractivity contribution in [1.82, 2.24) is 9.78 Å². The fraction of sp³-hybridized carbons (Fsp3) is 0.429. The van der Waals surface area contributed by atoms with Crippen molar-refractivity contribution < 1.29 is 4.79 Å². The highest BCUT2D eigenvalue weighted by Gasteiger charge is 2.14. The molecule has 0 aliphatic heterocycles. The Labute approximate surface area is 74.9 Å². The highest BCUT2D eigenvalue weighted by Crippen LogP contribution is 2.27. The molecular formula is C7H10N4O2. The number of amides is 1. The van der Waals surface area contributed by atoms with Gasteiger partial charge in [0.2, 0.25) is 5.91 Å². The van der Waals surface area contributed by atoms with Gasteiger partial charge in [-0.05, 0) is 12.1 Å². The summed E-state index contributed by atoms with van der Waals surface area (Å²) in [5.74, 6) is 0.0768. The van der Waals surface area contributed by atoms with E-state index in [9.17, 15) is 9.70 Å². The number of nitroso groups, excluding NO2 is 1. The monoisotopic (exact) mass is 182 g/mol. The van der Waals surface area contributed by atoms with Crippen LogP contribution in [0.3, 0.4) is 0 Å². The van der Waals surface area contributed by atoms with E-state index in [1.807, 2.05) is 0 Å². The molecule has 1 aromatic heterocycles. The first-order valence-electron chi connectivity index (χ1n) is 3.70. The van der Waals surface area contributed by atoms with Crippen molar-refractivity contribution in [2.45, 2.75) is 13.8 Å². The van der Waals surface area contributed by atoms with Crippen LogP contribution < -0.4 is 5.32 Å². The van der Waals surface area contributed by atoms with Gasteiger partial charge in [-0.15, -0.1) is 4.91 Å². The number of rotatable bonds is 2. The van der Waals surface area contributed by atoms with E-state index in [1.54, 1.807) is 14.0 Å². The molecule has 6 heteroatoms. The van der Waals surface area contributed by atoms with Gasteiger partial charge < -0.3 is 5.32 Å². The standard InChI is InChI=1S/C7H10N4O2/c1-4-6(10-13)7(8-5(2)12)11(3)9-4/h1-3H3,(H,8,12). The van der Waals surface area contributed by atoms with Crippen molar-refractivity contribution in [1.29, 1.82) is 0 Å². The van der Waals surface area contributed by atoms with Crippen molar-refractivity contribution in [3.63, 3.8) is 0 Å². The third kappa shape index (κ3) is 1.71. The molecule has 1 N–H and O–H groups in total. The quantitative estimate of drug-likeness (QED) is 0.695. The number of hydrogen-bond acceptors (Lipinski definition) is 4. The number of nitrogens with zero attached hydrogens (tertiary/aromatic N) is 3. The molecule has 0 aliphatic carbocycles. The zero-order valence-electron chi connectivity index (χ0n) is 7.66. The van der Waals surface area contributed by atoms with Crippen molar-refractivity contribution in [2.75, 3.05) is 5.32 Å². The van der Waals surface area contributed by atoms with Crippen LogP contribution >= 0.6 is 0 Å². The molecule has 0 radical (unpaired) electrons. The Balaban J connectivity index is 3.16. The van der Waals surface area contributed by atoms with Gasteiger partial charge in [0.05, 0.1) is 5.69 Å². The van der Waals surface area contributed by atoms with Gasteiger partial charge in [0.15, 0.2) is 11.5 Å². The van der Waals surface area contributed by atoms with Crippen LogP contribution in [0.2, 0.25) is 0 Å². The van der Waals surface area contributed by atoms with Crippen LogP contribution in [0.15, 0.2) is 5.18 Å². The lowest BCUT2D eigenvalue weighted by atomic mass is 10.4. The first kappa shape index (κ1) is 9.37. The zero-order valence-corrected chi connectivity index (χ0v) is 7.66. The summed E-state index contributed by atoms with van der Waals surface area (Å²) in [6, 6.07) is 0. The van der Waals surface area contributed by atoms with E-state index in [4.69, 9.17) is 0 Å². The summed E-state index contributed by atoms with van der Waals surface area (Å²) in [4.78, 5) is 21.1. The molecule has 1 heterocycles. The number of anilines is 1. The summed E-state index contributed by atoms with van der Waals surface area (Å²) < 4.78 is 1.41. The second-order valence-corrected chi connectivity index (χ2v) is 2.68. The number of aromatic nitrogens is 2. The molecule has 0 unspecified atom stereocenters. The first-order valence-corrected chi connectivity index (χ1v) is 3.70. The highest BCUT2D eigenvalue weighted by atomic mass is 16.3. The number of carbonyl (C=O) groups excluding carboxylic acids is 1.